The Morgan fingerprint density at radius 2 is 2.20 bits per heavy atom. The highest BCUT2D eigenvalue weighted by Gasteiger charge is 2.16. The Hall–Kier alpha value is -1.26. The van der Waals surface area contributed by atoms with Crippen molar-refractivity contribution in [3.8, 4) is 11.5 Å². The number of nitrogens with one attached hydrogen (secondary N) is 1. The molecule has 0 spiro atoms. The van der Waals surface area contributed by atoms with Crippen LogP contribution in [0, 0.1) is 0 Å². The zero-order valence-corrected chi connectivity index (χ0v) is 8.95. The summed E-state index contributed by atoms with van der Waals surface area (Å²) in [6.45, 7) is 0.948. The smallest absolute Gasteiger partial charge is 0.231 e. The highest BCUT2D eigenvalue weighted by molar-refractivity contribution is 5.45. The fourth-order valence-corrected chi connectivity index (χ4v) is 1.64. The van der Waals surface area contributed by atoms with Gasteiger partial charge in [-0.25, -0.2) is 0 Å². The quantitative estimate of drug-likeness (QED) is 0.812. The van der Waals surface area contributed by atoms with Gasteiger partial charge in [-0.1, -0.05) is 6.07 Å². The van der Waals surface area contributed by atoms with E-state index in [0.717, 1.165) is 17.1 Å². The molecule has 1 aliphatic heterocycles. The third-order valence-electron chi connectivity index (χ3n) is 2.48. The molecule has 1 heterocycles. The Morgan fingerprint density at radius 3 is 2.93 bits per heavy atom. The molecule has 0 aromatic heterocycles. The fraction of sp³-hybridized carbons (Fsp3) is 0.455. The molecule has 0 radical (unpaired) electrons. The molecule has 1 aliphatic rings. The first-order valence-corrected chi connectivity index (χ1v) is 4.91. The second kappa shape index (κ2) is 4.51. The summed E-state index contributed by atoms with van der Waals surface area (Å²) in [7, 11) is 3.60. The van der Waals surface area contributed by atoms with Gasteiger partial charge >= 0.3 is 0 Å². The lowest BCUT2D eigenvalue weighted by atomic mass is 10.1. The number of likely N-dealkylation sites (N-methyl/N-ethyl adjacent to an activating group) is 1. The van der Waals surface area contributed by atoms with Crippen molar-refractivity contribution < 1.29 is 14.2 Å². The second-order valence-electron chi connectivity index (χ2n) is 3.41. The van der Waals surface area contributed by atoms with E-state index < -0.39 is 0 Å². The predicted octanol–water partition coefficient (Wildman–Crippen LogP) is 1.32. The van der Waals surface area contributed by atoms with Gasteiger partial charge in [0.25, 0.3) is 0 Å². The van der Waals surface area contributed by atoms with E-state index in [4.69, 9.17) is 14.2 Å². The minimum absolute atomic E-state index is 0.185. The van der Waals surface area contributed by atoms with Crippen LogP contribution in [0.4, 0.5) is 0 Å². The largest absolute Gasteiger partial charge is 0.454 e. The molecule has 0 saturated carbocycles. The molecule has 1 aromatic rings. The lowest BCUT2D eigenvalue weighted by Gasteiger charge is -2.15. The molecule has 0 amide bonds. The zero-order valence-electron chi connectivity index (χ0n) is 8.95. The van der Waals surface area contributed by atoms with Gasteiger partial charge in [-0.3, -0.25) is 0 Å². The van der Waals surface area contributed by atoms with Crippen molar-refractivity contribution in [2.75, 3.05) is 27.6 Å². The Labute approximate surface area is 89.1 Å². The van der Waals surface area contributed by atoms with Crippen molar-refractivity contribution in [1.29, 1.82) is 0 Å². The molecule has 1 unspecified atom stereocenters. The lowest BCUT2D eigenvalue weighted by molar-refractivity contribution is 0.169. The van der Waals surface area contributed by atoms with E-state index in [0.29, 0.717) is 13.4 Å². The summed E-state index contributed by atoms with van der Waals surface area (Å²) in [6, 6.07) is 6.12. The van der Waals surface area contributed by atoms with Crippen molar-refractivity contribution in [3.05, 3.63) is 23.8 Å². The van der Waals surface area contributed by atoms with Crippen LogP contribution in [0.25, 0.3) is 0 Å². The van der Waals surface area contributed by atoms with Gasteiger partial charge in [0.1, 0.15) is 0 Å². The molecule has 1 atom stereocenters. The molecule has 82 valence electrons. The van der Waals surface area contributed by atoms with Gasteiger partial charge < -0.3 is 19.5 Å². The number of hydrogen-bond acceptors (Lipinski definition) is 4. The summed E-state index contributed by atoms with van der Waals surface area (Å²) < 4.78 is 15.7. The average Bonchev–Trinajstić information content (AvgIpc) is 2.72. The van der Waals surface area contributed by atoms with Crippen molar-refractivity contribution in [1.82, 2.24) is 5.32 Å². The lowest BCUT2D eigenvalue weighted by Crippen LogP contribution is -2.20. The van der Waals surface area contributed by atoms with Crippen LogP contribution in [0.2, 0.25) is 0 Å². The van der Waals surface area contributed by atoms with Crippen LogP contribution in [0.1, 0.15) is 11.6 Å². The number of rotatable bonds is 4. The van der Waals surface area contributed by atoms with Crippen molar-refractivity contribution in [3.63, 3.8) is 0 Å². The molecular weight excluding hydrogens is 194 g/mol. The van der Waals surface area contributed by atoms with Crippen LogP contribution >= 0.6 is 0 Å². The van der Waals surface area contributed by atoms with Crippen molar-refractivity contribution >= 4 is 0 Å². The van der Waals surface area contributed by atoms with Crippen LogP contribution in [-0.2, 0) is 4.74 Å². The maximum atomic E-state index is 5.32. The normalized spacial score (nSPS) is 15.3. The SMILES string of the molecule is CNC(COC)c1ccc2c(c1)OCO2. The van der Waals surface area contributed by atoms with Gasteiger partial charge in [-0.05, 0) is 24.7 Å². The number of methoxy groups -OCH3 is 1. The molecule has 2 rings (SSSR count). The predicted molar refractivity (Wildman–Crippen MR) is 56.2 cm³/mol. The van der Waals surface area contributed by atoms with Crippen LogP contribution in [-0.4, -0.2) is 27.6 Å². The molecule has 0 fully saturated rings. The van der Waals surface area contributed by atoms with E-state index in [-0.39, 0.29) is 6.04 Å². The molecule has 0 bridgehead atoms. The van der Waals surface area contributed by atoms with Crippen LogP contribution in [0.15, 0.2) is 18.2 Å². The van der Waals surface area contributed by atoms with Crippen LogP contribution in [0.5, 0.6) is 11.5 Å². The summed E-state index contributed by atoms with van der Waals surface area (Å²) >= 11 is 0. The van der Waals surface area contributed by atoms with Gasteiger partial charge in [0.2, 0.25) is 6.79 Å². The van der Waals surface area contributed by atoms with E-state index in [9.17, 15) is 0 Å². The standard InChI is InChI=1S/C11H15NO3/c1-12-9(6-13-2)8-3-4-10-11(5-8)15-7-14-10/h3-5,9,12H,6-7H2,1-2H3. The minimum Gasteiger partial charge on any atom is -0.454 e. The van der Waals surface area contributed by atoms with Gasteiger partial charge in [0, 0.05) is 7.11 Å². The average molecular weight is 209 g/mol. The summed E-state index contributed by atoms with van der Waals surface area (Å²) in [6.07, 6.45) is 0. The Balaban J connectivity index is 2.20. The van der Waals surface area contributed by atoms with Gasteiger partial charge in [0.05, 0.1) is 12.6 Å². The molecule has 15 heavy (non-hydrogen) atoms. The molecule has 1 aromatic carbocycles. The number of hydrogen-bond donors (Lipinski definition) is 1. The van der Waals surface area contributed by atoms with E-state index in [1.54, 1.807) is 7.11 Å². The number of fused-ring (bicyclic) bond motifs is 1. The summed E-state index contributed by atoms with van der Waals surface area (Å²) in [4.78, 5) is 0. The summed E-state index contributed by atoms with van der Waals surface area (Å²) in [5.41, 5.74) is 1.14. The third kappa shape index (κ3) is 2.06. The first kappa shape index (κ1) is 10.3. The number of ether oxygens (including phenoxy) is 3. The summed E-state index contributed by atoms with van der Waals surface area (Å²) in [5.74, 6) is 1.62. The highest BCUT2D eigenvalue weighted by atomic mass is 16.7. The van der Waals surface area contributed by atoms with E-state index in [1.807, 2.05) is 25.2 Å². The molecular formula is C11H15NO3. The molecule has 4 nitrogen and oxygen atoms in total. The Morgan fingerprint density at radius 1 is 1.40 bits per heavy atom. The van der Waals surface area contributed by atoms with Crippen molar-refractivity contribution in [2.24, 2.45) is 0 Å². The monoisotopic (exact) mass is 209 g/mol. The Bertz CT molecular complexity index is 341. The van der Waals surface area contributed by atoms with E-state index in [1.165, 1.54) is 0 Å². The Kier molecular flexibility index (Phi) is 3.08. The van der Waals surface area contributed by atoms with Crippen LogP contribution in [0.3, 0.4) is 0 Å². The highest BCUT2D eigenvalue weighted by Crippen LogP contribution is 2.34. The summed E-state index contributed by atoms with van der Waals surface area (Å²) in [5, 5.41) is 3.19. The number of benzene rings is 1. The van der Waals surface area contributed by atoms with Gasteiger partial charge in [-0.2, -0.15) is 0 Å². The maximum Gasteiger partial charge on any atom is 0.231 e. The second-order valence-corrected chi connectivity index (χ2v) is 3.41. The van der Waals surface area contributed by atoms with Crippen LogP contribution < -0.4 is 14.8 Å². The van der Waals surface area contributed by atoms with Gasteiger partial charge in [0.15, 0.2) is 11.5 Å². The fourth-order valence-electron chi connectivity index (χ4n) is 1.64. The van der Waals surface area contributed by atoms with E-state index >= 15 is 0 Å². The first-order chi connectivity index (χ1) is 7.35. The zero-order chi connectivity index (χ0) is 10.7. The molecule has 0 aliphatic carbocycles. The van der Waals surface area contributed by atoms with Gasteiger partial charge in [-0.15, -0.1) is 0 Å². The maximum absolute atomic E-state index is 5.32. The molecule has 1 N–H and O–H groups in total. The molecule has 4 heteroatoms. The van der Waals surface area contributed by atoms with Crippen molar-refractivity contribution in [2.45, 2.75) is 6.04 Å². The minimum atomic E-state index is 0.185. The topological polar surface area (TPSA) is 39.7 Å². The molecule has 0 saturated heterocycles. The first-order valence-electron chi connectivity index (χ1n) is 4.91. The van der Waals surface area contributed by atoms with E-state index in [2.05, 4.69) is 5.32 Å². The third-order valence-corrected chi connectivity index (χ3v) is 2.48.